The van der Waals surface area contributed by atoms with E-state index < -0.39 is 15.4 Å². The molecular formula is C12H18N2O4S2. The second-order valence-electron chi connectivity index (χ2n) is 5.24. The number of sulfone groups is 1. The molecule has 0 aliphatic carbocycles. The lowest BCUT2D eigenvalue weighted by molar-refractivity contribution is 0.0123. The highest BCUT2D eigenvalue weighted by Crippen LogP contribution is 2.32. The molecule has 112 valence electrons. The molecule has 0 spiro atoms. The maximum absolute atomic E-state index is 12.4. The van der Waals surface area contributed by atoms with E-state index in [4.69, 9.17) is 9.57 Å². The number of ether oxygens (including phenoxy) is 1. The summed E-state index contributed by atoms with van der Waals surface area (Å²) in [5.74, 6) is -0.150. The van der Waals surface area contributed by atoms with E-state index in [0.29, 0.717) is 22.9 Å². The van der Waals surface area contributed by atoms with Crippen molar-refractivity contribution in [1.29, 1.82) is 0 Å². The number of nitrogens with zero attached hydrogens (tertiary/aromatic N) is 2. The molecule has 1 aliphatic rings. The summed E-state index contributed by atoms with van der Waals surface area (Å²) in [6.45, 7) is 7.72. The first-order chi connectivity index (χ1) is 9.25. The molecule has 0 unspecified atom stereocenters. The van der Waals surface area contributed by atoms with Crippen molar-refractivity contribution >= 4 is 26.4 Å². The molecule has 6 nitrogen and oxygen atoms in total. The Morgan fingerprint density at radius 1 is 1.45 bits per heavy atom. The van der Waals surface area contributed by atoms with Crippen molar-refractivity contribution in [2.45, 2.75) is 45.5 Å². The highest BCUT2D eigenvalue weighted by Gasteiger charge is 2.36. The van der Waals surface area contributed by atoms with Crippen LogP contribution in [0.5, 0.6) is 5.06 Å². The predicted octanol–water partition coefficient (Wildman–Crippen LogP) is 2.28. The third-order valence-corrected chi connectivity index (χ3v) is 5.39. The average Bonchev–Trinajstić information content (AvgIpc) is 2.86. The van der Waals surface area contributed by atoms with Crippen LogP contribution in [0.1, 0.15) is 38.4 Å². The van der Waals surface area contributed by atoms with Crippen LogP contribution in [0.4, 0.5) is 0 Å². The van der Waals surface area contributed by atoms with Gasteiger partial charge in [-0.25, -0.2) is 8.42 Å². The number of aryl methyl sites for hydroxylation is 1. The van der Waals surface area contributed by atoms with Gasteiger partial charge in [-0.15, -0.1) is 0 Å². The van der Waals surface area contributed by atoms with Gasteiger partial charge >= 0.3 is 0 Å². The Kier molecular flexibility index (Phi) is 4.06. The third kappa shape index (κ3) is 3.12. The standard InChI is InChI=1S/C12H18N2O4S2/c1-5-17-11-9(8(2)14-19-11)7-20(15,16)10-6-12(3,4)18-13-10/h5-7H2,1-4H3. The molecule has 0 aromatic carbocycles. The largest absolute Gasteiger partial charge is 0.483 e. The molecule has 0 bridgehead atoms. The molecule has 20 heavy (non-hydrogen) atoms. The van der Waals surface area contributed by atoms with Gasteiger partial charge in [-0.3, -0.25) is 0 Å². The fourth-order valence-corrected chi connectivity index (χ4v) is 4.35. The maximum Gasteiger partial charge on any atom is 0.199 e. The molecule has 1 aromatic rings. The molecule has 0 atom stereocenters. The van der Waals surface area contributed by atoms with Crippen molar-refractivity contribution < 1.29 is 18.0 Å². The summed E-state index contributed by atoms with van der Waals surface area (Å²) < 4.78 is 34.4. The highest BCUT2D eigenvalue weighted by molar-refractivity contribution is 8.05. The molecule has 0 N–H and O–H groups in total. The smallest absolute Gasteiger partial charge is 0.199 e. The van der Waals surface area contributed by atoms with Gasteiger partial charge in [0.2, 0.25) is 0 Å². The van der Waals surface area contributed by atoms with Crippen molar-refractivity contribution in [1.82, 2.24) is 4.37 Å². The summed E-state index contributed by atoms with van der Waals surface area (Å²) in [7, 11) is -3.51. The topological polar surface area (TPSA) is 77.9 Å². The Hall–Kier alpha value is -1.15. The molecular weight excluding hydrogens is 300 g/mol. The van der Waals surface area contributed by atoms with Gasteiger partial charge in [-0.1, -0.05) is 5.16 Å². The molecule has 0 radical (unpaired) electrons. The molecule has 0 saturated carbocycles. The normalized spacial score (nSPS) is 17.7. The minimum Gasteiger partial charge on any atom is -0.483 e. The zero-order valence-corrected chi connectivity index (χ0v) is 13.6. The summed E-state index contributed by atoms with van der Waals surface area (Å²) in [5.41, 5.74) is 0.734. The quantitative estimate of drug-likeness (QED) is 0.851. The van der Waals surface area contributed by atoms with Gasteiger partial charge in [0.1, 0.15) is 5.60 Å². The van der Waals surface area contributed by atoms with E-state index in [2.05, 4.69) is 9.53 Å². The van der Waals surface area contributed by atoms with Crippen molar-refractivity contribution in [2.75, 3.05) is 6.61 Å². The minimum absolute atomic E-state index is 0.0931. The van der Waals surface area contributed by atoms with E-state index in [0.717, 1.165) is 0 Å². The number of aromatic nitrogens is 1. The highest BCUT2D eigenvalue weighted by atomic mass is 32.2. The fourth-order valence-electron chi connectivity index (χ4n) is 1.82. The lowest BCUT2D eigenvalue weighted by atomic mass is 10.1. The van der Waals surface area contributed by atoms with Gasteiger partial charge in [0.15, 0.2) is 19.9 Å². The molecule has 1 aliphatic heterocycles. The molecule has 0 fully saturated rings. The number of rotatable bonds is 4. The van der Waals surface area contributed by atoms with E-state index in [1.54, 1.807) is 6.92 Å². The molecule has 2 heterocycles. The van der Waals surface area contributed by atoms with Gasteiger partial charge in [0, 0.05) is 23.5 Å². The summed E-state index contributed by atoms with van der Waals surface area (Å²) >= 11 is 1.18. The first-order valence-electron chi connectivity index (χ1n) is 6.31. The van der Waals surface area contributed by atoms with Crippen LogP contribution in [0.2, 0.25) is 0 Å². The van der Waals surface area contributed by atoms with E-state index in [1.807, 2.05) is 20.8 Å². The predicted molar refractivity (Wildman–Crippen MR) is 77.9 cm³/mol. The zero-order chi connectivity index (χ0) is 15.0. The lowest BCUT2D eigenvalue weighted by Gasteiger charge is -2.13. The zero-order valence-electron chi connectivity index (χ0n) is 12.0. The Morgan fingerprint density at radius 3 is 2.70 bits per heavy atom. The SMILES string of the molecule is CCOc1snc(C)c1CS(=O)(=O)C1=NOC(C)(C)C1. The van der Waals surface area contributed by atoms with Gasteiger partial charge in [-0.2, -0.15) is 4.37 Å². The van der Waals surface area contributed by atoms with Crippen LogP contribution in [-0.4, -0.2) is 30.0 Å². The summed E-state index contributed by atoms with van der Waals surface area (Å²) in [6, 6.07) is 0. The van der Waals surface area contributed by atoms with Gasteiger partial charge in [-0.05, 0) is 27.7 Å². The van der Waals surface area contributed by atoms with Crippen LogP contribution >= 0.6 is 11.5 Å². The van der Waals surface area contributed by atoms with E-state index in [-0.39, 0.29) is 17.2 Å². The number of hydrogen-bond donors (Lipinski definition) is 0. The van der Waals surface area contributed by atoms with Crippen molar-refractivity contribution in [2.24, 2.45) is 5.16 Å². The van der Waals surface area contributed by atoms with Crippen molar-refractivity contribution in [3.63, 3.8) is 0 Å². The molecule has 8 heteroatoms. The monoisotopic (exact) mass is 318 g/mol. The average molecular weight is 318 g/mol. The van der Waals surface area contributed by atoms with Crippen molar-refractivity contribution in [3.8, 4) is 5.06 Å². The Bertz CT molecular complexity index is 632. The number of hydrogen-bond acceptors (Lipinski definition) is 7. The Balaban J connectivity index is 2.24. The van der Waals surface area contributed by atoms with Crippen LogP contribution < -0.4 is 4.74 Å². The second kappa shape index (κ2) is 5.33. The van der Waals surface area contributed by atoms with E-state index in [9.17, 15) is 8.42 Å². The second-order valence-corrected chi connectivity index (χ2v) is 7.96. The van der Waals surface area contributed by atoms with Gasteiger partial charge < -0.3 is 9.57 Å². The summed E-state index contributed by atoms with van der Waals surface area (Å²) in [6.07, 6.45) is 0.288. The maximum atomic E-state index is 12.4. The molecule has 0 saturated heterocycles. The molecule has 2 rings (SSSR count). The molecule has 0 amide bonds. The third-order valence-electron chi connectivity index (χ3n) is 2.89. The van der Waals surface area contributed by atoms with Crippen LogP contribution in [0, 0.1) is 6.92 Å². The lowest BCUT2D eigenvalue weighted by Crippen LogP contribution is -2.23. The first-order valence-corrected chi connectivity index (χ1v) is 8.73. The Labute approximate surface area is 122 Å². The van der Waals surface area contributed by atoms with E-state index >= 15 is 0 Å². The van der Waals surface area contributed by atoms with Crippen LogP contribution in [-0.2, 0) is 20.4 Å². The van der Waals surface area contributed by atoms with Crippen LogP contribution in [0.15, 0.2) is 5.16 Å². The summed E-state index contributed by atoms with van der Waals surface area (Å²) in [5, 5.41) is 4.37. The Morgan fingerprint density at radius 2 is 2.15 bits per heavy atom. The van der Waals surface area contributed by atoms with E-state index in [1.165, 1.54) is 11.5 Å². The number of oxime groups is 1. The van der Waals surface area contributed by atoms with Crippen molar-refractivity contribution in [3.05, 3.63) is 11.3 Å². The van der Waals surface area contributed by atoms with Crippen LogP contribution in [0.3, 0.4) is 0 Å². The van der Waals surface area contributed by atoms with Crippen LogP contribution in [0.25, 0.3) is 0 Å². The first kappa shape index (κ1) is 15.2. The summed E-state index contributed by atoms with van der Waals surface area (Å²) in [4.78, 5) is 5.13. The fraction of sp³-hybridized carbons (Fsp3) is 0.667. The minimum atomic E-state index is -3.51. The van der Waals surface area contributed by atoms with Gasteiger partial charge in [0.05, 0.1) is 18.1 Å². The molecule has 1 aromatic heterocycles. The van der Waals surface area contributed by atoms with Gasteiger partial charge in [0.25, 0.3) is 0 Å².